The molecule has 0 radical (unpaired) electrons. The summed E-state index contributed by atoms with van der Waals surface area (Å²) in [5.41, 5.74) is 0.178. The van der Waals surface area contributed by atoms with Crippen molar-refractivity contribution in [1.82, 2.24) is 0 Å². The Morgan fingerprint density at radius 2 is 2.15 bits per heavy atom. The smallest absolute Gasteiger partial charge is 0.240 e. The van der Waals surface area contributed by atoms with Gasteiger partial charge in [-0.15, -0.1) is 0 Å². The van der Waals surface area contributed by atoms with Gasteiger partial charge in [0.1, 0.15) is 16.5 Å². The number of ether oxygens (including phenoxy) is 1. The largest absolute Gasteiger partial charge is 0.495 e. The number of benzene rings is 1. The van der Waals surface area contributed by atoms with Crippen LogP contribution in [0.2, 0.25) is 10.0 Å². The highest BCUT2D eigenvalue weighted by atomic mass is 35.5. The Kier molecular flexibility index (Phi) is 3.32. The molecule has 0 atom stereocenters. The second-order valence-corrected chi connectivity index (χ2v) is 2.90. The number of rotatable bonds is 2. The minimum Gasteiger partial charge on any atom is -0.495 e. The zero-order chi connectivity index (χ0) is 9.84. The molecule has 0 aliphatic carbocycles. The number of isocyanates is 1. The van der Waals surface area contributed by atoms with Gasteiger partial charge in [0.05, 0.1) is 12.1 Å². The fourth-order valence-corrected chi connectivity index (χ4v) is 1.36. The normalized spacial score (nSPS) is 9.15. The van der Waals surface area contributed by atoms with Gasteiger partial charge in [0.25, 0.3) is 0 Å². The lowest BCUT2D eigenvalue weighted by molar-refractivity contribution is 0.415. The van der Waals surface area contributed by atoms with Crippen LogP contribution in [0.25, 0.3) is 0 Å². The standard InChI is InChI=1S/C8H5Cl2NO2/c1-13-6-3-2-5(9)8(7(6)10)11-4-12/h2-3H,1H3. The third-order valence-electron chi connectivity index (χ3n) is 1.41. The first-order chi connectivity index (χ1) is 6.20. The molecule has 5 heteroatoms. The molecular weight excluding hydrogens is 213 g/mol. The Hall–Kier alpha value is -1.02. The molecule has 3 nitrogen and oxygen atoms in total. The molecule has 0 fully saturated rings. The maximum absolute atomic E-state index is 10.0. The topological polar surface area (TPSA) is 38.7 Å². The van der Waals surface area contributed by atoms with Gasteiger partial charge >= 0.3 is 0 Å². The van der Waals surface area contributed by atoms with E-state index in [1.807, 2.05) is 0 Å². The number of hydrogen-bond acceptors (Lipinski definition) is 3. The van der Waals surface area contributed by atoms with Crippen LogP contribution >= 0.6 is 23.2 Å². The average molecular weight is 218 g/mol. The molecule has 0 spiro atoms. The van der Waals surface area contributed by atoms with Gasteiger partial charge in [0.15, 0.2) is 0 Å². The van der Waals surface area contributed by atoms with E-state index in [1.54, 1.807) is 12.1 Å². The minimum absolute atomic E-state index is 0.178. The number of hydrogen-bond donors (Lipinski definition) is 0. The average Bonchev–Trinajstić information content (AvgIpc) is 2.12. The molecule has 1 aromatic carbocycles. The zero-order valence-electron chi connectivity index (χ0n) is 6.67. The van der Waals surface area contributed by atoms with Gasteiger partial charge in [-0.2, -0.15) is 4.99 Å². The molecular formula is C8H5Cl2NO2. The van der Waals surface area contributed by atoms with Gasteiger partial charge < -0.3 is 4.74 Å². The molecule has 0 unspecified atom stereocenters. The van der Waals surface area contributed by atoms with Gasteiger partial charge in [0, 0.05) is 0 Å². The molecule has 0 saturated heterocycles. The second-order valence-electron chi connectivity index (χ2n) is 2.12. The quantitative estimate of drug-likeness (QED) is 0.565. The number of methoxy groups -OCH3 is 1. The molecule has 0 aliphatic rings. The number of aliphatic imine (C=N–C) groups is 1. The third kappa shape index (κ3) is 2.01. The van der Waals surface area contributed by atoms with E-state index < -0.39 is 0 Å². The van der Waals surface area contributed by atoms with Crippen molar-refractivity contribution in [2.75, 3.05) is 7.11 Å². The summed E-state index contributed by atoms with van der Waals surface area (Å²) in [5, 5.41) is 0.493. The molecule has 13 heavy (non-hydrogen) atoms. The third-order valence-corrected chi connectivity index (χ3v) is 2.08. The Bertz CT molecular complexity index is 373. The summed E-state index contributed by atoms with van der Waals surface area (Å²) in [4.78, 5) is 13.4. The highest BCUT2D eigenvalue weighted by Crippen LogP contribution is 2.39. The van der Waals surface area contributed by atoms with Crippen LogP contribution in [0.4, 0.5) is 5.69 Å². The monoisotopic (exact) mass is 217 g/mol. The lowest BCUT2D eigenvalue weighted by Crippen LogP contribution is -1.84. The molecule has 68 valence electrons. The van der Waals surface area contributed by atoms with Crippen molar-refractivity contribution in [3.05, 3.63) is 22.2 Å². The van der Waals surface area contributed by atoms with E-state index in [-0.39, 0.29) is 15.7 Å². The van der Waals surface area contributed by atoms with Crippen molar-refractivity contribution in [1.29, 1.82) is 0 Å². The zero-order valence-corrected chi connectivity index (χ0v) is 8.19. The highest BCUT2D eigenvalue weighted by Gasteiger charge is 2.09. The number of halogens is 2. The molecule has 1 aromatic rings. The first kappa shape index (κ1) is 10.1. The summed E-state index contributed by atoms with van der Waals surface area (Å²) in [6, 6.07) is 3.14. The lowest BCUT2D eigenvalue weighted by Gasteiger charge is -2.04. The van der Waals surface area contributed by atoms with Gasteiger partial charge in [-0.25, -0.2) is 4.79 Å². The highest BCUT2D eigenvalue weighted by molar-refractivity contribution is 6.39. The van der Waals surface area contributed by atoms with Crippen LogP contribution in [-0.4, -0.2) is 13.2 Å². The Morgan fingerprint density at radius 1 is 1.46 bits per heavy atom. The predicted octanol–water partition coefficient (Wildman–Crippen LogP) is 2.97. The number of carbonyl (C=O) groups excluding carboxylic acids is 1. The van der Waals surface area contributed by atoms with E-state index in [0.29, 0.717) is 5.75 Å². The molecule has 0 bridgehead atoms. The SMILES string of the molecule is COc1ccc(Cl)c(N=C=O)c1Cl. The maximum Gasteiger partial charge on any atom is 0.240 e. The van der Waals surface area contributed by atoms with Crippen LogP contribution < -0.4 is 4.74 Å². The summed E-state index contributed by atoms with van der Waals surface area (Å²) in [5.74, 6) is 0.417. The maximum atomic E-state index is 10.0. The van der Waals surface area contributed by atoms with Crippen LogP contribution in [0, 0.1) is 0 Å². The fraction of sp³-hybridized carbons (Fsp3) is 0.125. The van der Waals surface area contributed by atoms with Crippen LogP contribution in [0.5, 0.6) is 5.75 Å². The van der Waals surface area contributed by atoms with Gasteiger partial charge in [-0.05, 0) is 12.1 Å². The van der Waals surface area contributed by atoms with Crippen molar-refractivity contribution in [2.24, 2.45) is 4.99 Å². The van der Waals surface area contributed by atoms with Crippen LogP contribution in [0.3, 0.4) is 0 Å². The minimum atomic E-state index is 0.178. The van der Waals surface area contributed by atoms with Gasteiger partial charge in [-0.3, -0.25) is 0 Å². The van der Waals surface area contributed by atoms with Crippen LogP contribution in [0.15, 0.2) is 17.1 Å². The molecule has 0 saturated carbocycles. The van der Waals surface area contributed by atoms with E-state index >= 15 is 0 Å². The first-order valence-corrected chi connectivity index (χ1v) is 4.06. The summed E-state index contributed by atoms with van der Waals surface area (Å²) < 4.78 is 4.91. The van der Waals surface area contributed by atoms with Gasteiger partial charge in [0.2, 0.25) is 6.08 Å². The second kappa shape index (κ2) is 4.28. The lowest BCUT2D eigenvalue weighted by atomic mass is 10.3. The van der Waals surface area contributed by atoms with Crippen molar-refractivity contribution < 1.29 is 9.53 Å². The van der Waals surface area contributed by atoms with Gasteiger partial charge in [-0.1, -0.05) is 23.2 Å². The number of nitrogens with zero attached hydrogens (tertiary/aromatic N) is 1. The van der Waals surface area contributed by atoms with Crippen LogP contribution in [-0.2, 0) is 4.79 Å². The van der Waals surface area contributed by atoms with E-state index in [4.69, 9.17) is 27.9 Å². The van der Waals surface area contributed by atoms with Crippen molar-refractivity contribution >= 4 is 35.0 Å². The van der Waals surface area contributed by atoms with E-state index in [0.717, 1.165) is 0 Å². The molecule has 1 rings (SSSR count). The van der Waals surface area contributed by atoms with Crippen molar-refractivity contribution in [3.8, 4) is 5.75 Å². The molecule has 0 N–H and O–H groups in total. The summed E-state index contributed by atoms with van der Waals surface area (Å²) >= 11 is 11.5. The molecule has 0 aliphatic heterocycles. The molecule has 0 amide bonds. The molecule has 0 aromatic heterocycles. The van der Waals surface area contributed by atoms with E-state index in [9.17, 15) is 4.79 Å². The first-order valence-electron chi connectivity index (χ1n) is 3.30. The summed E-state index contributed by atoms with van der Waals surface area (Å²) in [7, 11) is 1.46. The van der Waals surface area contributed by atoms with Crippen molar-refractivity contribution in [2.45, 2.75) is 0 Å². The Balaban J connectivity index is 3.37. The fourth-order valence-electron chi connectivity index (χ4n) is 0.828. The predicted molar refractivity (Wildman–Crippen MR) is 50.8 cm³/mol. The van der Waals surface area contributed by atoms with E-state index in [2.05, 4.69) is 4.99 Å². The summed E-state index contributed by atoms with van der Waals surface area (Å²) in [6.45, 7) is 0. The summed E-state index contributed by atoms with van der Waals surface area (Å²) in [6.07, 6.45) is 1.37. The van der Waals surface area contributed by atoms with Crippen LogP contribution in [0.1, 0.15) is 0 Å². The molecule has 0 heterocycles. The van der Waals surface area contributed by atoms with E-state index in [1.165, 1.54) is 13.2 Å². The Morgan fingerprint density at radius 3 is 2.69 bits per heavy atom. The van der Waals surface area contributed by atoms with Crippen molar-refractivity contribution in [3.63, 3.8) is 0 Å². The Labute approximate surface area is 84.9 Å².